The minimum atomic E-state index is 0.135. The molecule has 2 aromatic rings. The summed E-state index contributed by atoms with van der Waals surface area (Å²) >= 11 is 0. The fourth-order valence-electron chi connectivity index (χ4n) is 2.89. The Morgan fingerprint density at radius 1 is 1.00 bits per heavy atom. The number of rotatable bonds is 5. The molecule has 1 heterocycles. The van der Waals surface area contributed by atoms with E-state index in [-0.39, 0.29) is 5.91 Å². The Labute approximate surface area is 148 Å². The number of nitrogens with zero attached hydrogens (tertiary/aromatic N) is 3. The average Bonchev–Trinajstić information content (AvgIpc) is 2.69. The topological polar surface area (TPSA) is 56.6 Å². The van der Waals surface area contributed by atoms with E-state index in [0.717, 1.165) is 24.5 Å². The van der Waals surface area contributed by atoms with E-state index in [4.69, 9.17) is 10.00 Å². The lowest BCUT2D eigenvalue weighted by Crippen LogP contribution is -2.49. The first-order valence-corrected chi connectivity index (χ1v) is 8.47. The summed E-state index contributed by atoms with van der Waals surface area (Å²) < 4.78 is 5.60. The molecule has 0 radical (unpaired) electrons. The molecule has 0 N–H and O–H groups in total. The van der Waals surface area contributed by atoms with E-state index in [2.05, 4.69) is 11.0 Å². The Bertz CT molecular complexity index is 730. The fourth-order valence-corrected chi connectivity index (χ4v) is 2.89. The van der Waals surface area contributed by atoms with Gasteiger partial charge in [-0.2, -0.15) is 5.26 Å². The molecule has 1 aliphatic rings. The van der Waals surface area contributed by atoms with Crippen molar-refractivity contribution < 1.29 is 9.53 Å². The molecule has 3 rings (SSSR count). The van der Waals surface area contributed by atoms with Crippen LogP contribution in [-0.4, -0.2) is 43.6 Å². The van der Waals surface area contributed by atoms with Gasteiger partial charge in [0.05, 0.1) is 24.7 Å². The lowest BCUT2D eigenvalue weighted by atomic mass is 10.2. The number of benzene rings is 2. The Hall–Kier alpha value is -3.00. The highest BCUT2D eigenvalue weighted by atomic mass is 16.5. The summed E-state index contributed by atoms with van der Waals surface area (Å²) in [7, 11) is 0. The largest absolute Gasteiger partial charge is 0.493 e. The van der Waals surface area contributed by atoms with Crippen LogP contribution in [0.15, 0.2) is 54.6 Å². The molecule has 0 spiro atoms. The third-order valence-electron chi connectivity index (χ3n) is 4.32. The second-order valence-electron chi connectivity index (χ2n) is 5.94. The number of piperazine rings is 1. The van der Waals surface area contributed by atoms with Crippen molar-refractivity contribution in [1.29, 1.82) is 5.26 Å². The molecular weight excluding hydrogens is 314 g/mol. The number of hydrogen-bond donors (Lipinski definition) is 0. The molecule has 5 heteroatoms. The van der Waals surface area contributed by atoms with Gasteiger partial charge in [0, 0.05) is 31.9 Å². The maximum absolute atomic E-state index is 12.3. The monoisotopic (exact) mass is 335 g/mol. The van der Waals surface area contributed by atoms with Crippen LogP contribution in [0, 0.1) is 11.3 Å². The van der Waals surface area contributed by atoms with Gasteiger partial charge in [-0.25, -0.2) is 0 Å². The fraction of sp³-hybridized carbons (Fsp3) is 0.300. The number of amides is 1. The number of carbonyl (C=O) groups excluding carboxylic acids is 1. The van der Waals surface area contributed by atoms with Gasteiger partial charge in [0.1, 0.15) is 5.75 Å². The summed E-state index contributed by atoms with van der Waals surface area (Å²) in [4.78, 5) is 16.4. The minimum Gasteiger partial charge on any atom is -0.493 e. The maximum atomic E-state index is 12.3. The van der Waals surface area contributed by atoms with Crippen molar-refractivity contribution in [3.8, 4) is 11.8 Å². The van der Waals surface area contributed by atoms with Gasteiger partial charge in [-0.1, -0.05) is 18.2 Å². The highest BCUT2D eigenvalue weighted by molar-refractivity contribution is 5.76. The summed E-state index contributed by atoms with van der Waals surface area (Å²) in [6, 6.07) is 19.3. The number of hydrogen-bond acceptors (Lipinski definition) is 4. The van der Waals surface area contributed by atoms with Gasteiger partial charge >= 0.3 is 0 Å². The van der Waals surface area contributed by atoms with Crippen LogP contribution in [0.1, 0.15) is 12.0 Å². The summed E-state index contributed by atoms with van der Waals surface area (Å²) in [6.07, 6.45) is 0.395. The normalized spacial score (nSPS) is 14.0. The lowest BCUT2D eigenvalue weighted by Gasteiger charge is -2.36. The summed E-state index contributed by atoms with van der Waals surface area (Å²) in [5.74, 6) is 0.927. The average molecular weight is 335 g/mol. The quantitative estimate of drug-likeness (QED) is 0.843. The molecule has 25 heavy (non-hydrogen) atoms. The lowest BCUT2D eigenvalue weighted by molar-refractivity contribution is -0.132. The highest BCUT2D eigenvalue weighted by Crippen LogP contribution is 2.17. The van der Waals surface area contributed by atoms with E-state index in [1.165, 1.54) is 0 Å². The highest BCUT2D eigenvalue weighted by Gasteiger charge is 2.21. The molecule has 0 atom stereocenters. The number of anilines is 1. The predicted octanol–water partition coefficient (Wildman–Crippen LogP) is 2.68. The second kappa shape index (κ2) is 8.20. The van der Waals surface area contributed by atoms with Crippen LogP contribution in [0.25, 0.3) is 0 Å². The van der Waals surface area contributed by atoms with Crippen LogP contribution in [0.2, 0.25) is 0 Å². The first kappa shape index (κ1) is 16.8. The van der Waals surface area contributed by atoms with Crippen molar-refractivity contribution in [2.75, 3.05) is 37.7 Å². The Balaban J connectivity index is 1.43. The van der Waals surface area contributed by atoms with Gasteiger partial charge < -0.3 is 14.5 Å². The molecular formula is C20H21N3O2. The Morgan fingerprint density at radius 3 is 2.32 bits per heavy atom. The first-order chi connectivity index (χ1) is 12.3. The van der Waals surface area contributed by atoms with E-state index in [1.54, 1.807) is 0 Å². The molecule has 1 aliphatic heterocycles. The van der Waals surface area contributed by atoms with Crippen LogP contribution in [0.3, 0.4) is 0 Å². The van der Waals surface area contributed by atoms with Gasteiger partial charge in [0.15, 0.2) is 0 Å². The van der Waals surface area contributed by atoms with Crippen molar-refractivity contribution in [1.82, 2.24) is 4.90 Å². The zero-order chi connectivity index (χ0) is 17.5. The van der Waals surface area contributed by atoms with Crippen LogP contribution in [-0.2, 0) is 4.79 Å². The summed E-state index contributed by atoms with van der Waals surface area (Å²) in [6.45, 7) is 3.43. The zero-order valence-corrected chi connectivity index (χ0v) is 14.1. The smallest absolute Gasteiger partial charge is 0.226 e. The SMILES string of the molecule is N#Cc1ccc(N2CCN(C(=O)CCOc3ccccc3)CC2)cc1. The van der Waals surface area contributed by atoms with Gasteiger partial charge in [-0.15, -0.1) is 0 Å². The van der Waals surface area contributed by atoms with Gasteiger partial charge in [0.25, 0.3) is 0 Å². The van der Waals surface area contributed by atoms with Crippen LogP contribution in [0.4, 0.5) is 5.69 Å². The second-order valence-corrected chi connectivity index (χ2v) is 5.94. The number of carbonyl (C=O) groups is 1. The molecule has 1 saturated heterocycles. The maximum Gasteiger partial charge on any atom is 0.226 e. The predicted molar refractivity (Wildman–Crippen MR) is 96.5 cm³/mol. The molecule has 2 aromatic carbocycles. The molecule has 0 saturated carbocycles. The molecule has 0 bridgehead atoms. The van der Waals surface area contributed by atoms with Gasteiger partial charge in [-0.05, 0) is 36.4 Å². The third-order valence-corrected chi connectivity index (χ3v) is 4.32. The molecule has 128 valence electrons. The standard InChI is InChI=1S/C20H21N3O2/c21-16-17-6-8-18(9-7-17)22-11-13-23(14-12-22)20(24)10-15-25-19-4-2-1-3-5-19/h1-9H,10-15H2. The van der Waals surface area contributed by atoms with Crippen molar-refractivity contribution in [3.05, 3.63) is 60.2 Å². The molecule has 0 unspecified atom stereocenters. The number of para-hydroxylation sites is 1. The van der Waals surface area contributed by atoms with E-state index in [9.17, 15) is 4.79 Å². The minimum absolute atomic E-state index is 0.135. The van der Waals surface area contributed by atoms with Crippen LogP contribution in [0.5, 0.6) is 5.75 Å². The van der Waals surface area contributed by atoms with Crippen LogP contribution >= 0.6 is 0 Å². The molecule has 0 aliphatic carbocycles. The van der Waals surface area contributed by atoms with Crippen molar-refractivity contribution in [2.24, 2.45) is 0 Å². The van der Waals surface area contributed by atoms with Crippen molar-refractivity contribution in [2.45, 2.75) is 6.42 Å². The Morgan fingerprint density at radius 2 is 1.68 bits per heavy atom. The van der Waals surface area contributed by atoms with E-state index >= 15 is 0 Å². The van der Waals surface area contributed by atoms with Gasteiger partial charge in [0.2, 0.25) is 5.91 Å². The van der Waals surface area contributed by atoms with Crippen LogP contribution < -0.4 is 9.64 Å². The molecule has 0 aromatic heterocycles. The van der Waals surface area contributed by atoms with E-state index < -0.39 is 0 Å². The third kappa shape index (κ3) is 4.51. The zero-order valence-electron chi connectivity index (χ0n) is 14.1. The van der Waals surface area contributed by atoms with Gasteiger partial charge in [-0.3, -0.25) is 4.79 Å². The summed E-state index contributed by atoms with van der Waals surface area (Å²) in [5, 5.41) is 8.86. The number of ether oxygens (including phenoxy) is 1. The molecule has 5 nitrogen and oxygen atoms in total. The first-order valence-electron chi connectivity index (χ1n) is 8.47. The molecule has 1 fully saturated rings. The van der Waals surface area contributed by atoms with E-state index in [0.29, 0.717) is 31.7 Å². The van der Waals surface area contributed by atoms with Crippen molar-refractivity contribution >= 4 is 11.6 Å². The summed E-state index contributed by atoms with van der Waals surface area (Å²) in [5.41, 5.74) is 1.76. The molecule has 1 amide bonds. The Kier molecular flexibility index (Phi) is 5.53. The number of nitriles is 1. The van der Waals surface area contributed by atoms with Crippen molar-refractivity contribution in [3.63, 3.8) is 0 Å². The van der Waals surface area contributed by atoms with E-state index in [1.807, 2.05) is 59.5 Å².